The summed E-state index contributed by atoms with van der Waals surface area (Å²) in [6, 6.07) is 35.6. The summed E-state index contributed by atoms with van der Waals surface area (Å²) >= 11 is 0. The Labute approximate surface area is 263 Å². The predicted octanol–water partition coefficient (Wildman–Crippen LogP) is 8.98. The molecule has 213 valence electrons. The molecule has 0 aliphatic heterocycles. The van der Waals surface area contributed by atoms with Gasteiger partial charge in [0.05, 0.1) is 17.1 Å². The molecule has 42 heavy (non-hydrogen) atoms. The molecule has 0 bridgehead atoms. The molecular formula is C37H35IrN4-. The molecule has 0 aliphatic carbocycles. The number of rotatable bonds is 3. The topological polar surface area (TPSA) is 51.6 Å². The Bertz CT molecular complexity index is 1570. The Hall–Kier alpha value is -4.31. The fourth-order valence-electron chi connectivity index (χ4n) is 4.38. The molecular weight excluding hydrogens is 693 g/mol. The normalized spacial score (nSPS) is 9.83. The van der Waals surface area contributed by atoms with E-state index in [9.17, 15) is 0 Å². The second-order valence-corrected chi connectivity index (χ2v) is 9.78. The number of aryl methyl sites for hydroxylation is 5. The molecule has 0 fully saturated rings. The number of pyridine rings is 4. The molecule has 6 aromatic rings. The minimum Gasteiger partial charge on any atom is -0.305 e. The first-order valence-electron chi connectivity index (χ1n) is 13.7. The summed E-state index contributed by atoms with van der Waals surface area (Å²) in [4.78, 5) is 17.4. The third kappa shape index (κ3) is 8.84. The van der Waals surface area contributed by atoms with E-state index >= 15 is 0 Å². The third-order valence-corrected chi connectivity index (χ3v) is 6.58. The molecule has 4 nitrogen and oxygen atoms in total. The number of aromatic nitrogens is 4. The summed E-state index contributed by atoms with van der Waals surface area (Å²) in [5.41, 5.74) is 12.2. The maximum absolute atomic E-state index is 4.85. The molecule has 5 heteroatoms. The largest absolute Gasteiger partial charge is 0.305 e. The monoisotopic (exact) mass is 728 g/mol. The Balaban J connectivity index is 0.000000194. The van der Waals surface area contributed by atoms with E-state index in [2.05, 4.69) is 79.9 Å². The van der Waals surface area contributed by atoms with Crippen LogP contribution in [0.25, 0.3) is 33.9 Å². The Morgan fingerprint density at radius 2 is 1.02 bits per heavy atom. The molecule has 1 radical (unpaired) electrons. The molecule has 0 unspecified atom stereocenters. The van der Waals surface area contributed by atoms with E-state index in [4.69, 9.17) is 4.98 Å². The van der Waals surface area contributed by atoms with Crippen LogP contribution in [-0.2, 0) is 20.1 Å². The van der Waals surface area contributed by atoms with Gasteiger partial charge in [-0.3, -0.25) is 9.97 Å². The van der Waals surface area contributed by atoms with Crippen molar-refractivity contribution < 1.29 is 20.1 Å². The molecule has 2 aromatic carbocycles. The molecule has 4 heterocycles. The first-order valence-corrected chi connectivity index (χ1v) is 13.7. The summed E-state index contributed by atoms with van der Waals surface area (Å²) in [7, 11) is 0. The Kier molecular flexibility index (Phi) is 12.4. The Morgan fingerprint density at radius 3 is 1.57 bits per heavy atom. The van der Waals surface area contributed by atoms with Gasteiger partial charge in [0.25, 0.3) is 0 Å². The van der Waals surface area contributed by atoms with Gasteiger partial charge in [-0.25, -0.2) is 4.98 Å². The first-order chi connectivity index (χ1) is 19.9. The van der Waals surface area contributed by atoms with Gasteiger partial charge in [-0.15, -0.1) is 34.4 Å². The van der Waals surface area contributed by atoms with Crippen molar-refractivity contribution >= 4 is 0 Å². The molecule has 0 atom stereocenters. The maximum atomic E-state index is 4.85. The van der Waals surface area contributed by atoms with Crippen LogP contribution in [0.1, 0.15) is 27.8 Å². The van der Waals surface area contributed by atoms with Crippen LogP contribution >= 0.6 is 0 Å². The van der Waals surface area contributed by atoms with Crippen molar-refractivity contribution in [2.45, 2.75) is 34.6 Å². The Morgan fingerprint density at radius 1 is 0.500 bits per heavy atom. The van der Waals surface area contributed by atoms with Crippen molar-refractivity contribution in [2.75, 3.05) is 0 Å². The van der Waals surface area contributed by atoms with E-state index < -0.39 is 0 Å². The number of hydrogen-bond donors (Lipinski definition) is 0. The van der Waals surface area contributed by atoms with Crippen molar-refractivity contribution in [3.05, 3.63) is 156 Å². The van der Waals surface area contributed by atoms with E-state index in [1.807, 2.05) is 79.0 Å². The van der Waals surface area contributed by atoms with Gasteiger partial charge in [-0.2, -0.15) is 0 Å². The zero-order valence-electron chi connectivity index (χ0n) is 24.7. The van der Waals surface area contributed by atoms with Gasteiger partial charge in [0.15, 0.2) is 0 Å². The van der Waals surface area contributed by atoms with E-state index in [0.717, 1.165) is 39.5 Å². The summed E-state index contributed by atoms with van der Waals surface area (Å²) in [5.74, 6) is 0. The van der Waals surface area contributed by atoms with E-state index in [1.54, 1.807) is 18.6 Å². The molecule has 0 saturated heterocycles. The predicted molar refractivity (Wildman–Crippen MR) is 169 cm³/mol. The quantitative estimate of drug-likeness (QED) is 0.171. The zero-order chi connectivity index (χ0) is 29.0. The van der Waals surface area contributed by atoms with Crippen molar-refractivity contribution in [1.29, 1.82) is 0 Å². The third-order valence-electron chi connectivity index (χ3n) is 6.58. The second-order valence-electron chi connectivity index (χ2n) is 9.78. The van der Waals surface area contributed by atoms with Gasteiger partial charge >= 0.3 is 0 Å². The van der Waals surface area contributed by atoms with Crippen LogP contribution in [0.4, 0.5) is 0 Å². The van der Waals surface area contributed by atoms with Crippen LogP contribution in [0.2, 0.25) is 0 Å². The first kappa shape index (κ1) is 32.2. The number of hydrogen-bond acceptors (Lipinski definition) is 4. The molecule has 0 aliphatic rings. The molecule has 6 rings (SSSR count). The smallest absolute Gasteiger partial charge is 0.0922 e. The van der Waals surface area contributed by atoms with Crippen LogP contribution in [-0.4, -0.2) is 19.9 Å². The average molecular weight is 728 g/mol. The van der Waals surface area contributed by atoms with E-state index in [1.165, 1.54) is 22.3 Å². The van der Waals surface area contributed by atoms with E-state index in [0.29, 0.717) is 0 Å². The molecule has 4 aromatic heterocycles. The number of benzene rings is 2. The summed E-state index contributed by atoms with van der Waals surface area (Å²) in [5, 5.41) is 0. The summed E-state index contributed by atoms with van der Waals surface area (Å²) in [6.45, 7) is 10.5. The van der Waals surface area contributed by atoms with Crippen LogP contribution in [0.15, 0.2) is 122 Å². The maximum Gasteiger partial charge on any atom is 0.0922 e. The van der Waals surface area contributed by atoms with E-state index in [-0.39, 0.29) is 20.1 Å². The van der Waals surface area contributed by atoms with Gasteiger partial charge in [0.2, 0.25) is 0 Å². The summed E-state index contributed by atoms with van der Waals surface area (Å²) in [6.07, 6.45) is 7.12. The number of nitrogens with zero attached hydrogens (tertiary/aromatic N) is 4. The average Bonchev–Trinajstić information content (AvgIpc) is 3.02. The molecule has 0 spiro atoms. The van der Waals surface area contributed by atoms with Crippen LogP contribution in [0.5, 0.6) is 0 Å². The fourth-order valence-corrected chi connectivity index (χ4v) is 4.38. The molecule has 0 amide bonds. The van der Waals surface area contributed by atoms with Gasteiger partial charge in [-0.1, -0.05) is 81.4 Å². The second kappa shape index (κ2) is 16.2. The minimum atomic E-state index is 0. The van der Waals surface area contributed by atoms with Crippen molar-refractivity contribution in [3.8, 4) is 33.9 Å². The SMILES string of the molecule is Cc1[c-]c(-c2ccccn2)c(C)cc1C.Cc1cc(C)c(-c2ccccn2)nc1-c1ccccc1.[Ir].c1ccncc1. The minimum absolute atomic E-state index is 0. The van der Waals surface area contributed by atoms with Crippen LogP contribution < -0.4 is 0 Å². The van der Waals surface area contributed by atoms with Gasteiger partial charge < -0.3 is 4.98 Å². The van der Waals surface area contributed by atoms with Crippen LogP contribution in [0, 0.1) is 40.7 Å². The zero-order valence-corrected chi connectivity index (χ0v) is 27.1. The fraction of sp³-hybridized carbons (Fsp3) is 0.135. The van der Waals surface area contributed by atoms with Crippen molar-refractivity contribution in [1.82, 2.24) is 19.9 Å². The van der Waals surface area contributed by atoms with Crippen molar-refractivity contribution in [2.24, 2.45) is 0 Å². The van der Waals surface area contributed by atoms with Crippen LogP contribution in [0.3, 0.4) is 0 Å². The van der Waals surface area contributed by atoms with Gasteiger partial charge in [0, 0.05) is 50.5 Å². The standard InChI is InChI=1S/C18H16N2.C14H14N.C5H5N.Ir/c1-13-12-14(2)18(16-10-6-7-11-19-16)20-17(13)15-8-4-3-5-9-15;1-10-8-12(3)13(9-11(10)2)14-6-4-5-7-15-14;1-2-4-6-5-3-1;/h3-12H,1-2H3;4-8H,1-3H3;1-5H;/q;-1;;. The van der Waals surface area contributed by atoms with Crippen molar-refractivity contribution in [3.63, 3.8) is 0 Å². The van der Waals surface area contributed by atoms with Gasteiger partial charge in [-0.05, 0) is 61.0 Å². The molecule has 0 saturated carbocycles. The van der Waals surface area contributed by atoms with Gasteiger partial charge in [0.1, 0.15) is 0 Å². The summed E-state index contributed by atoms with van der Waals surface area (Å²) < 4.78 is 0. The molecule has 0 N–H and O–H groups in total.